The number of hydrogen-bond acceptors (Lipinski definition) is 2. The standard InChI is InChI=1S/C11H12BrFO2/c12-6-8-3-9(13)5-11(4-8)15-10-1-2-14-7-10/h3-5,10H,1-2,6-7H2. The van der Waals surface area contributed by atoms with Crippen molar-refractivity contribution < 1.29 is 13.9 Å². The molecule has 4 heteroatoms. The van der Waals surface area contributed by atoms with Crippen LogP contribution in [0.1, 0.15) is 12.0 Å². The SMILES string of the molecule is Fc1cc(CBr)cc(OC2CCOC2)c1. The van der Waals surface area contributed by atoms with Gasteiger partial charge in [-0.1, -0.05) is 15.9 Å². The molecule has 1 unspecified atom stereocenters. The lowest BCUT2D eigenvalue weighted by Crippen LogP contribution is -2.15. The summed E-state index contributed by atoms with van der Waals surface area (Å²) in [5.74, 6) is 0.320. The molecular weight excluding hydrogens is 263 g/mol. The van der Waals surface area contributed by atoms with Crippen LogP contribution in [0.2, 0.25) is 0 Å². The van der Waals surface area contributed by atoms with Gasteiger partial charge >= 0.3 is 0 Å². The maximum Gasteiger partial charge on any atom is 0.127 e. The Kier molecular flexibility index (Phi) is 3.59. The van der Waals surface area contributed by atoms with Gasteiger partial charge in [0.25, 0.3) is 0 Å². The second-order valence-electron chi connectivity index (χ2n) is 3.53. The maximum atomic E-state index is 13.2. The molecule has 1 heterocycles. The third-order valence-electron chi connectivity index (χ3n) is 2.28. The number of halogens is 2. The largest absolute Gasteiger partial charge is 0.488 e. The summed E-state index contributed by atoms with van der Waals surface area (Å²) in [5, 5.41) is 0.627. The van der Waals surface area contributed by atoms with E-state index in [9.17, 15) is 4.39 Å². The summed E-state index contributed by atoms with van der Waals surface area (Å²) in [6, 6.07) is 4.74. The molecule has 1 aromatic rings. The summed E-state index contributed by atoms with van der Waals surface area (Å²) in [5.41, 5.74) is 0.879. The molecule has 0 saturated carbocycles. The van der Waals surface area contributed by atoms with Crippen LogP contribution in [0.5, 0.6) is 5.75 Å². The first-order valence-corrected chi connectivity index (χ1v) is 6.00. The number of benzene rings is 1. The van der Waals surface area contributed by atoms with Crippen molar-refractivity contribution in [3.63, 3.8) is 0 Å². The first-order chi connectivity index (χ1) is 7.28. The Labute approximate surface area is 96.5 Å². The summed E-state index contributed by atoms with van der Waals surface area (Å²) in [6.07, 6.45) is 0.940. The minimum Gasteiger partial charge on any atom is -0.488 e. The van der Waals surface area contributed by atoms with E-state index >= 15 is 0 Å². The highest BCUT2D eigenvalue weighted by Crippen LogP contribution is 2.21. The molecule has 82 valence electrons. The monoisotopic (exact) mass is 274 g/mol. The third kappa shape index (κ3) is 2.92. The molecule has 2 nitrogen and oxygen atoms in total. The smallest absolute Gasteiger partial charge is 0.127 e. The lowest BCUT2D eigenvalue weighted by atomic mass is 10.2. The van der Waals surface area contributed by atoms with Crippen LogP contribution in [0.25, 0.3) is 0 Å². The van der Waals surface area contributed by atoms with Crippen molar-refractivity contribution in [3.05, 3.63) is 29.6 Å². The fourth-order valence-corrected chi connectivity index (χ4v) is 1.89. The highest BCUT2D eigenvalue weighted by Gasteiger charge is 2.17. The van der Waals surface area contributed by atoms with E-state index in [4.69, 9.17) is 9.47 Å². The Hall–Kier alpha value is -0.610. The molecular formula is C11H12BrFO2. The van der Waals surface area contributed by atoms with Gasteiger partial charge in [0.05, 0.1) is 13.2 Å². The minimum atomic E-state index is -0.263. The Balaban J connectivity index is 2.09. The zero-order chi connectivity index (χ0) is 10.7. The van der Waals surface area contributed by atoms with E-state index < -0.39 is 0 Å². The summed E-state index contributed by atoms with van der Waals surface area (Å²) >= 11 is 3.29. The van der Waals surface area contributed by atoms with Gasteiger partial charge in [0, 0.05) is 17.8 Å². The van der Waals surface area contributed by atoms with Crippen molar-refractivity contribution in [1.29, 1.82) is 0 Å². The highest BCUT2D eigenvalue weighted by molar-refractivity contribution is 9.08. The van der Waals surface area contributed by atoms with Crippen LogP contribution in [0.3, 0.4) is 0 Å². The van der Waals surface area contributed by atoms with Crippen LogP contribution in [-0.2, 0) is 10.1 Å². The second-order valence-corrected chi connectivity index (χ2v) is 4.09. The fraction of sp³-hybridized carbons (Fsp3) is 0.455. The van der Waals surface area contributed by atoms with Crippen LogP contribution >= 0.6 is 15.9 Å². The van der Waals surface area contributed by atoms with E-state index in [-0.39, 0.29) is 11.9 Å². The molecule has 1 aliphatic rings. The normalized spacial score (nSPS) is 20.5. The van der Waals surface area contributed by atoms with Crippen LogP contribution < -0.4 is 4.74 Å². The van der Waals surface area contributed by atoms with Gasteiger partial charge in [0.1, 0.15) is 17.7 Å². The Morgan fingerprint density at radius 3 is 3.00 bits per heavy atom. The molecule has 1 aliphatic heterocycles. The zero-order valence-corrected chi connectivity index (χ0v) is 9.80. The molecule has 1 aromatic carbocycles. The number of hydrogen-bond donors (Lipinski definition) is 0. The first-order valence-electron chi connectivity index (χ1n) is 4.88. The van der Waals surface area contributed by atoms with Gasteiger partial charge in [0.15, 0.2) is 0 Å². The third-order valence-corrected chi connectivity index (χ3v) is 2.92. The molecule has 2 rings (SSSR count). The first kappa shape index (κ1) is 10.9. The van der Waals surface area contributed by atoms with Crippen molar-refractivity contribution >= 4 is 15.9 Å². The van der Waals surface area contributed by atoms with E-state index in [1.807, 2.05) is 6.07 Å². The molecule has 0 N–H and O–H groups in total. The number of rotatable bonds is 3. The molecule has 15 heavy (non-hydrogen) atoms. The Morgan fingerprint density at radius 1 is 1.47 bits per heavy atom. The lowest BCUT2D eigenvalue weighted by Gasteiger charge is -2.12. The molecule has 1 fully saturated rings. The minimum absolute atomic E-state index is 0.0648. The molecule has 1 saturated heterocycles. The van der Waals surface area contributed by atoms with Gasteiger partial charge in [0.2, 0.25) is 0 Å². The van der Waals surface area contributed by atoms with E-state index in [2.05, 4.69) is 15.9 Å². The quantitative estimate of drug-likeness (QED) is 0.790. The highest BCUT2D eigenvalue weighted by atomic mass is 79.9. The molecule has 0 aromatic heterocycles. The molecule has 0 aliphatic carbocycles. The number of ether oxygens (including phenoxy) is 2. The topological polar surface area (TPSA) is 18.5 Å². The van der Waals surface area contributed by atoms with E-state index in [0.717, 1.165) is 18.6 Å². The Bertz CT molecular complexity index is 337. The van der Waals surface area contributed by atoms with Crippen molar-refractivity contribution in [1.82, 2.24) is 0 Å². The van der Waals surface area contributed by atoms with E-state index in [0.29, 0.717) is 17.7 Å². The van der Waals surface area contributed by atoms with Crippen molar-refractivity contribution in [2.45, 2.75) is 17.9 Å². The number of alkyl halides is 1. The Morgan fingerprint density at radius 2 is 2.33 bits per heavy atom. The summed E-state index contributed by atoms with van der Waals surface area (Å²) < 4.78 is 24.0. The maximum absolute atomic E-state index is 13.2. The van der Waals surface area contributed by atoms with Crippen molar-refractivity contribution in [3.8, 4) is 5.75 Å². The van der Waals surface area contributed by atoms with Gasteiger partial charge in [-0.2, -0.15) is 0 Å². The average Bonchev–Trinajstić information content (AvgIpc) is 2.69. The van der Waals surface area contributed by atoms with Crippen LogP contribution in [-0.4, -0.2) is 19.3 Å². The second kappa shape index (κ2) is 4.94. The van der Waals surface area contributed by atoms with Crippen molar-refractivity contribution in [2.75, 3.05) is 13.2 Å². The summed E-state index contributed by atoms with van der Waals surface area (Å²) in [4.78, 5) is 0. The molecule has 0 radical (unpaired) electrons. The fourth-order valence-electron chi connectivity index (χ4n) is 1.56. The van der Waals surface area contributed by atoms with Crippen LogP contribution in [0.4, 0.5) is 4.39 Å². The average molecular weight is 275 g/mol. The molecule has 0 bridgehead atoms. The zero-order valence-electron chi connectivity index (χ0n) is 8.21. The van der Waals surface area contributed by atoms with Gasteiger partial charge in [-0.05, 0) is 17.7 Å². The lowest BCUT2D eigenvalue weighted by molar-refractivity contribution is 0.141. The van der Waals surface area contributed by atoms with Crippen LogP contribution in [0, 0.1) is 5.82 Å². The van der Waals surface area contributed by atoms with Gasteiger partial charge < -0.3 is 9.47 Å². The van der Waals surface area contributed by atoms with Gasteiger partial charge in [-0.25, -0.2) is 4.39 Å². The predicted molar refractivity (Wildman–Crippen MR) is 58.9 cm³/mol. The summed E-state index contributed by atoms with van der Waals surface area (Å²) in [7, 11) is 0. The molecule has 0 spiro atoms. The van der Waals surface area contributed by atoms with Crippen LogP contribution in [0.15, 0.2) is 18.2 Å². The summed E-state index contributed by atoms with van der Waals surface area (Å²) in [6.45, 7) is 1.32. The van der Waals surface area contributed by atoms with E-state index in [1.165, 1.54) is 12.1 Å². The van der Waals surface area contributed by atoms with E-state index in [1.54, 1.807) is 0 Å². The predicted octanol–water partition coefficient (Wildman–Crippen LogP) is 2.89. The van der Waals surface area contributed by atoms with Gasteiger partial charge in [-0.15, -0.1) is 0 Å². The van der Waals surface area contributed by atoms with Crippen molar-refractivity contribution in [2.24, 2.45) is 0 Å². The van der Waals surface area contributed by atoms with Gasteiger partial charge in [-0.3, -0.25) is 0 Å². The molecule has 0 amide bonds. The molecule has 1 atom stereocenters.